The molecule has 2 aromatic rings. The van der Waals surface area contributed by atoms with Crippen LogP contribution in [0.3, 0.4) is 0 Å². The molecule has 0 aliphatic rings. The number of aryl methyl sites for hydroxylation is 2. The summed E-state index contributed by atoms with van der Waals surface area (Å²) < 4.78 is 0.955. The summed E-state index contributed by atoms with van der Waals surface area (Å²) >= 11 is 3.39. The van der Waals surface area contributed by atoms with Gasteiger partial charge in [-0.25, -0.2) is 0 Å². The van der Waals surface area contributed by atoms with Crippen molar-refractivity contribution < 1.29 is 9.59 Å². The molecule has 0 bridgehead atoms. The number of anilines is 1. The van der Waals surface area contributed by atoms with E-state index in [4.69, 9.17) is 0 Å². The molecule has 0 saturated carbocycles. The lowest BCUT2D eigenvalue weighted by atomic mass is 10.1. The van der Waals surface area contributed by atoms with Gasteiger partial charge in [-0.3, -0.25) is 9.59 Å². The first kappa shape index (κ1) is 18.9. The van der Waals surface area contributed by atoms with Crippen LogP contribution in [0, 0.1) is 13.8 Å². The number of rotatable bonds is 5. The van der Waals surface area contributed by atoms with Crippen LogP contribution in [0.15, 0.2) is 53.0 Å². The Morgan fingerprint density at radius 2 is 1.84 bits per heavy atom. The van der Waals surface area contributed by atoms with E-state index >= 15 is 0 Å². The first-order valence-electron chi connectivity index (χ1n) is 7.91. The van der Waals surface area contributed by atoms with Gasteiger partial charge in [0, 0.05) is 23.3 Å². The average Bonchev–Trinajstić information content (AvgIpc) is 2.56. The molecule has 0 fully saturated rings. The van der Waals surface area contributed by atoms with Crippen LogP contribution in [0.2, 0.25) is 0 Å². The van der Waals surface area contributed by atoms with Crippen molar-refractivity contribution in [3.8, 4) is 0 Å². The predicted octanol–water partition coefficient (Wildman–Crippen LogP) is 4.18. The zero-order valence-corrected chi connectivity index (χ0v) is 16.1. The minimum atomic E-state index is -0.231. The summed E-state index contributed by atoms with van der Waals surface area (Å²) in [6, 6.07) is 13.4. The van der Waals surface area contributed by atoms with Gasteiger partial charge in [-0.15, -0.1) is 0 Å². The van der Waals surface area contributed by atoms with Gasteiger partial charge in [0.25, 0.3) is 0 Å². The number of likely N-dealkylation sites (N-methyl/N-ethyl adjacent to an activating group) is 1. The van der Waals surface area contributed by atoms with Gasteiger partial charge in [0.2, 0.25) is 11.8 Å². The van der Waals surface area contributed by atoms with E-state index in [0.717, 1.165) is 26.9 Å². The van der Waals surface area contributed by atoms with Gasteiger partial charge in [0.05, 0.1) is 6.54 Å². The quantitative estimate of drug-likeness (QED) is 0.765. The second kappa shape index (κ2) is 8.62. The van der Waals surface area contributed by atoms with E-state index in [9.17, 15) is 9.59 Å². The van der Waals surface area contributed by atoms with Crippen LogP contribution in [0.4, 0.5) is 5.69 Å². The fourth-order valence-corrected chi connectivity index (χ4v) is 2.79. The molecule has 2 aromatic carbocycles. The number of nitrogens with one attached hydrogen (secondary N) is 1. The van der Waals surface area contributed by atoms with Crippen molar-refractivity contribution >= 4 is 39.5 Å². The van der Waals surface area contributed by atoms with E-state index in [1.54, 1.807) is 13.1 Å². The highest BCUT2D eigenvalue weighted by Gasteiger charge is 2.11. The van der Waals surface area contributed by atoms with Crippen molar-refractivity contribution in [2.75, 3.05) is 18.9 Å². The maximum Gasteiger partial charge on any atom is 0.246 e. The first-order chi connectivity index (χ1) is 11.9. The Balaban J connectivity index is 1.94. The molecule has 0 aliphatic heterocycles. The van der Waals surface area contributed by atoms with Crippen molar-refractivity contribution in [1.82, 2.24) is 4.90 Å². The Bertz CT molecular complexity index is 815. The Labute approximate surface area is 156 Å². The normalized spacial score (nSPS) is 10.7. The third-order valence-electron chi connectivity index (χ3n) is 3.81. The molecule has 25 heavy (non-hydrogen) atoms. The Hall–Kier alpha value is -2.40. The molecule has 4 nitrogen and oxygen atoms in total. The van der Waals surface area contributed by atoms with Gasteiger partial charge in [0.1, 0.15) is 0 Å². The van der Waals surface area contributed by atoms with Crippen molar-refractivity contribution in [1.29, 1.82) is 0 Å². The van der Waals surface area contributed by atoms with Crippen molar-refractivity contribution in [3.63, 3.8) is 0 Å². The summed E-state index contributed by atoms with van der Waals surface area (Å²) in [6.07, 6.45) is 3.26. The molecule has 0 unspecified atom stereocenters. The van der Waals surface area contributed by atoms with Gasteiger partial charge in [-0.2, -0.15) is 0 Å². The number of nitrogens with zero attached hydrogens (tertiary/aromatic N) is 1. The largest absolute Gasteiger partial charge is 0.333 e. The number of carbonyl (C=O) groups excluding carboxylic acids is 2. The zero-order chi connectivity index (χ0) is 18.4. The van der Waals surface area contributed by atoms with Crippen molar-refractivity contribution in [2.24, 2.45) is 0 Å². The number of amides is 2. The second-order valence-corrected chi connectivity index (χ2v) is 6.81. The zero-order valence-electron chi connectivity index (χ0n) is 14.5. The molecule has 0 saturated heterocycles. The highest BCUT2D eigenvalue weighted by molar-refractivity contribution is 9.10. The monoisotopic (exact) mass is 400 g/mol. The summed E-state index contributed by atoms with van der Waals surface area (Å²) in [5.41, 5.74) is 3.78. The second-order valence-electron chi connectivity index (χ2n) is 5.89. The maximum atomic E-state index is 12.2. The number of carbonyl (C=O) groups is 2. The van der Waals surface area contributed by atoms with Crippen LogP contribution >= 0.6 is 15.9 Å². The summed E-state index contributed by atoms with van der Waals surface area (Å²) in [5.74, 6) is -0.448. The Kier molecular flexibility index (Phi) is 6.53. The summed E-state index contributed by atoms with van der Waals surface area (Å²) in [6.45, 7) is 3.90. The van der Waals surface area contributed by atoms with Crippen LogP contribution in [0.25, 0.3) is 6.08 Å². The van der Waals surface area contributed by atoms with Gasteiger partial charge >= 0.3 is 0 Å². The van der Waals surface area contributed by atoms with Crippen LogP contribution < -0.4 is 5.32 Å². The number of halogens is 1. The molecule has 5 heteroatoms. The molecule has 0 heterocycles. The standard InChI is InChI=1S/C20H21BrN2O2/c1-14-6-4-5-7-16(14)8-11-20(25)23(3)13-19(24)22-18-10-9-17(21)12-15(18)2/h4-12H,13H2,1-3H3,(H,22,24)/b11-8+. The lowest BCUT2D eigenvalue weighted by Gasteiger charge is -2.15. The maximum absolute atomic E-state index is 12.2. The third kappa shape index (κ3) is 5.57. The summed E-state index contributed by atoms with van der Waals surface area (Å²) in [4.78, 5) is 25.7. The van der Waals surface area contributed by atoms with Crippen LogP contribution in [0.1, 0.15) is 16.7 Å². The highest BCUT2D eigenvalue weighted by Crippen LogP contribution is 2.19. The van der Waals surface area contributed by atoms with Gasteiger partial charge in [-0.05, 0) is 54.8 Å². The Morgan fingerprint density at radius 3 is 2.52 bits per heavy atom. The molecule has 2 rings (SSSR count). The number of hydrogen-bond donors (Lipinski definition) is 1. The minimum absolute atomic E-state index is 0.00749. The van der Waals surface area contributed by atoms with E-state index in [0.29, 0.717) is 0 Å². The Morgan fingerprint density at radius 1 is 1.12 bits per heavy atom. The van der Waals surface area contributed by atoms with Gasteiger partial charge in [-0.1, -0.05) is 40.2 Å². The van der Waals surface area contributed by atoms with E-state index in [2.05, 4.69) is 21.2 Å². The summed E-state index contributed by atoms with van der Waals surface area (Å²) in [5, 5.41) is 2.83. The molecule has 0 aliphatic carbocycles. The lowest BCUT2D eigenvalue weighted by molar-refractivity contribution is -0.129. The molecule has 0 radical (unpaired) electrons. The molecule has 130 valence electrons. The summed E-state index contributed by atoms with van der Waals surface area (Å²) in [7, 11) is 1.61. The predicted molar refractivity (Wildman–Crippen MR) is 105 cm³/mol. The number of hydrogen-bond acceptors (Lipinski definition) is 2. The fraction of sp³-hybridized carbons (Fsp3) is 0.200. The van der Waals surface area contributed by atoms with E-state index < -0.39 is 0 Å². The molecule has 2 amide bonds. The highest BCUT2D eigenvalue weighted by atomic mass is 79.9. The van der Waals surface area contributed by atoms with Gasteiger partial charge in [0.15, 0.2) is 0 Å². The average molecular weight is 401 g/mol. The molecular formula is C20H21BrN2O2. The van der Waals surface area contributed by atoms with Crippen LogP contribution in [0.5, 0.6) is 0 Å². The van der Waals surface area contributed by atoms with Crippen molar-refractivity contribution in [3.05, 3.63) is 69.7 Å². The molecular weight excluding hydrogens is 380 g/mol. The number of benzene rings is 2. The minimum Gasteiger partial charge on any atom is -0.333 e. The first-order valence-corrected chi connectivity index (χ1v) is 8.71. The van der Waals surface area contributed by atoms with E-state index in [1.165, 1.54) is 11.0 Å². The van der Waals surface area contributed by atoms with E-state index in [1.807, 2.05) is 56.3 Å². The van der Waals surface area contributed by atoms with E-state index in [-0.39, 0.29) is 18.4 Å². The SMILES string of the molecule is Cc1ccccc1/C=C/C(=O)N(C)CC(=O)Nc1ccc(Br)cc1C. The molecule has 1 N–H and O–H groups in total. The van der Waals surface area contributed by atoms with Crippen LogP contribution in [-0.2, 0) is 9.59 Å². The lowest BCUT2D eigenvalue weighted by Crippen LogP contribution is -2.34. The molecule has 0 spiro atoms. The van der Waals surface area contributed by atoms with Crippen LogP contribution in [-0.4, -0.2) is 30.3 Å². The van der Waals surface area contributed by atoms with Crippen molar-refractivity contribution in [2.45, 2.75) is 13.8 Å². The smallest absolute Gasteiger partial charge is 0.246 e. The molecule has 0 aromatic heterocycles. The molecule has 0 atom stereocenters. The van der Waals surface area contributed by atoms with Gasteiger partial charge < -0.3 is 10.2 Å². The topological polar surface area (TPSA) is 49.4 Å². The third-order valence-corrected chi connectivity index (χ3v) is 4.31. The fourth-order valence-electron chi connectivity index (χ4n) is 2.31.